The van der Waals surface area contributed by atoms with Crippen LogP contribution in [0.3, 0.4) is 0 Å². The normalized spacial score (nSPS) is 10.6. The summed E-state index contributed by atoms with van der Waals surface area (Å²) in [6.07, 6.45) is 0.203. The molecular formula is C23H24N2O3. The molecule has 3 aromatic rings. The van der Waals surface area contributed by atoms with Crippen molar-refractivity contribution in [1.82, 2.24) is 5.32 Å². The van der Waals surface area contributed by atoms with Gasteiger partial charge in [0.1, 0.15) is 0 Å². The van der Waals surface area contributed by atoms with Gasteiger partial charge >= 0.3 is 0 Å². The lowest BCUT2D eigenvalue weighted by atomic mass is 10.1. The summed E-state index contributed by atoms with van der Waals surface area (Å²) < 4.78 is 5.38. The maximum absolute atomic E-state index is 12.3. The van der Waals surface area contributed by atoms with Crippen molar-refractivity contribution >= 4 is 28.3 Å². The Morgan fingerprint density at radius 1 is 0.929 bits per heavy atom. The van der Waals surface area contributed by atoms with Gasteiger partial charge in [-0.05, 0) is 47.5 Å². The molecule has 2 amide bonds. The van der Waals surface area contributed by atoms with Crippen molar-refractivity contribution in [3.05, 3.63) is 77.9 Å². The number of hydrogen-bond donors (Lipinski definition) is 2. The minimum atomic E-state index is -0.183. The molecule has 0 saturated carbocycles. The van der Waals surface area contributed by atoms with Gasteiger partial charge in [0.25, 0.3) is 5.91 Å². The van der Waals surface area contributed by atoms with Gasteiger partial charge in [0.15, 0.2) is 0 Å². The Labute approximate surface area is 164 Å². The van der Waals surface area contributed by atoms with Crippen molar-refractivity contribution < 1.29 is 14.3 Å². The summed E-state index contributed by atoms with van der Waals surface area (Å²) in [4.78, 5) is 24.5. The minimum absolute atomic E-state index is 0.146. The van der Waals surface area contributed by atoms with Crippen molar-refractivity contribution in [3.8, 4) is 0 Å². The van der Waals surface area contributed by atoms with Gasteiger partial charge in [-0.2, -0.15) is 0 Å². The summed E-state index contributed by atoms with van der Waals surface area (Å²) in [5, 5.41) is 7.75. The third kappa shape index (κ3) is 5.41. The van der Waals surface area contributed by atoms with Gasteiger partial charge in [-0.25, -0.2) is 0 Å². The van der Waals surface area contributed by atoms with Crippen molar-refractivity contribution in [2.75, 3.05) is 18.5 Å². The SMILES string of the molecule is CCOCc1cccc(NC(=O)CCNC(=O)c2ccc3ccccc3c2)c1. The van der Waals surface area contributed by atoms with Gasteiger partial charge < -0.3 is 15.4 Å². The molecule has 0 aliphatic heterocycles. The summed E-state index contributed by atoms with van der Waals surface area (Å²) in [5.74, 6) is -0.329. The van der Waals surface area contributed by atoms with Crippen molar-refractivity contribution in [3.63, 3.8) is 0 Å². The Bertz CT molecular complexity index is 969. The highest BCUT2D eigenvalue weighted by Gasteiger charge is 2.08. The Balaban J connectivity index is 1.48. The first-order valence-corrected chi connectivity index (χ1v) is 9.39. The number of amides is 2. The monoisotopic (exact) mass is 376 g/mol. The lowest BCUT2D eigenvalue weighted by molar-refractivity contribution is -0.116. The first kappa shape index (κ1) is 19.6. The molecule has 3 aromatic carbocycles. The molecule has 0 bridgehead atoms. The average Bonchev–Trinajstić information content (AvgIpc) is 2.72. The van der Waals surface area contributed by atoms with Gasteiger partial charge in [-0.1, -0.05) is 42.5 Å². The van der Waals surface area contributed by atoms with E-state index in [-0.39, 0.29) is 24.8 Å². The first-order valence-electron chi connectivity index (χ1n) is 9.39. The quantitative estimate of drug-likeness (QED) is 0.621. The summed E-state index contributed by atoms with van der Waals surface area (Å²) in [7, 11) is 0. The van der Waals surface area contributed by atoms with Crippen LogP contribution < -0.4 is 10.6 Å². The molecule has 0 spiro atoms. The van der Waals surface area contributed by atoms with E-state index in [1.807, 2.05) is 67.6 Å². The van der Waals surface area contributed by atoms with E-state index in [9.17, 15) is 9.59 Å². The molecule has 2 N–H and O–H groups in total. The van der Waals surface area contributed by atoms with Gasteiger partial charge in [0.2, 0.25) is 5.91 Å². The molecule has 0 radical (unpaired) electrons. The standard InChI is InChI=1S/C23H24N2O3/c1-2-28-16-17-6-5-9-21(14-17)25-22(26)12-13-24-23(27)20-11-10-18-7-3-4-8-19(18)15-20/h3-11,14-15H,2,12-13,16H2,1H3,(H,24,27)(H,25,26). The zero-order valence-electron chi connectivity index (χ0n) is 15.9. The molecule has 0 aliphatic carbocycles. The highest BCUT2D eigenvalue weighted by molar-refractivity contribution is 5.99. The molecule has 0 fully saturated rings. The number of nitrogens with one attached hydrogen (secondary N) is 2. The maximum atomic E-state index is 12.3. The molecular weight excluding hydrogens is 352 g/mol. The van der Waals surface area contributed by atoms with E-state index < -0.39 is 0 Å². The molecule has 5 heteroatoms. The zero-order valence-corrected chi connectivity index (χ0v) is 15.9. The Morgan fingerprint density at radius 3 is 2.57 bits per heavy atom. The first-order chi connectivity index (χ1) is 13.7. The van der Waals surface area contributed by atoms with Crippen LogP contribution in [-0.4, -0.2) is 25.0 Å². The molecule has 0 aromatic heterocycles. The molecule has 0 saturated heterocycles. The molecule has 0 atom stereocenters. The summed E-state index contributed by atoms with van der Waals surface area (Å²) >= 11 is 0. The van der Waals surface area contributed by atoms with Crippen LogP contribution in [0.1, 0.15) is 29.3 Å². The van der Waals surface area contributed by atoms with E-state index in [2.05, 4.69) is 10.6 Å². The van der Waals surface area contributed by atoms with Crippen LogP contribution in [0.25, 0.3) is 10.8 Å². The lowest BCUT2D eigenvalue weighted by Crippen LogP contribution is -2.27. The zero-order chi connectivity index (χ0) is 19.8. The van der Waals surface area contributed by atoms with Crippen molar-refractivity contribution in [2.24, 2.45) is 0 Å². The van der Waals surface area contributed by atoms with Crippen LogP contribution in [0.2, 0.25) is 0 Å². The summed E-state index contributed by atoms with van der Waals surface area (Å²) in [5.41, 5.74) is 2.31. The van der Waals surface area contributed by atoms with Crippen LogP contribution in [0.5, 0.6) is 0 Å². The van der Waals surface area contributed by atoms with E-state index in [0.29, 0.717) is 18.8 Å². The largest absolute Gasteiger partial charge is 0.377 e. The number of rotatable bonds is 8. The van der Waals surface area contributed by atoms with Crippen LogP contribution >= 0.6 is 0 Å². The smallest absolute Gasteiger partial charge is 0.251 e. The fourth-order valence-corrected chi connectivity index (χ4v) is 2.90. The number of fused-ring (bicyclic) bond motifs is 1. The molecule has 144 valence electrons. The van der Waals surface area contributed by atoms with Gasteiger partial charge in [0, 0.05) is 30.8 Å². The number of carbonyl (C=O) groups excluding carboxylic acids is 2. The molecule has 0 unspecified atom stereocenters. The van der Waals surface area contributed by atoms with Gasteiger partial charge in [0.05, 0.1) is 6.61 Å². The fourth-order valence-electron chi connectivity index (χ4n) is 2.90. The summed E-state index contributed by atoms with van der Waals surface area (Å²) in [6.45, 7) is 3.38. The van der Waals surface area contributed by atoms with E-state index in [4.69, 9.17) is 4.74 Å². The second-order valence-corrected chi connectivity index (χ2v) is 6.45. The third-order valence-corrected chi connectivity index (χ3v) is 4.33. The van der Waals surface area contributed by atoms with E-state index in [1.165, 1.54) is 0 Å². The molecule has 5 nitrogen and oxygen atoms in total. The maximum Gasteiger partial charge on any atom is 0.251 e. The van der Waals surface area contributed by atoms with Gasteiger partial charge in [-0.3, -0.25) is 9.59 Å². The number of hydrogen-bond acceptors (Lipinski definition) is 3. The molecule has 0 aliphatic rings. The number of benzene rings is 3. The molecule has 3 rings (SSSR count). The summed E-state index contributed by atoms with van der Waals surface area (Å²) in [6, 6.07) is 21.0. The molecule has 28 heavy (non-hydrogen) atoms. The van der Waals surface area contributed by atoms with E-state index in [0.717, 1.165) is 22.0 Å². The van der Waals surface area contributed by atoms with E-state index in [1.54, 1.807) is 6.07 Å². The Hall–Kier alpha value is -3.18. The number of ether oxygens (including phenoxy) is 1. The topological polar surface area (TPSA) is 67.4 Å². The highest BCUT2D eigenvalue weighted by atomic mass is 16.5. The van der Waals surface area contributed by atoms with Crippen LogP contribution in [0, 0.1) is 0 Å². The van der Waals surface area contributed by atoms with Gasteiger partial charge in [-0.15, -0.1) is 0 Å². The number of anilines is 1. The second-order valence-electron chi connectivity index (χ2n) is 6.45. The Kier molecular flexibility index (Phi) is 6.76. The molecule has 0 heterocycles. The lowest BCUT2D eigenvalue weighted by Gasteiger charge is -2.09. The third-order valence-electron chi connectivity index (χ3n) is 4.33. The van der Waals surface area contributed by atoms with E-state index >= 15 is 0 Å². The van der Waals surface area contributed by atoms with Crippen molar-refractivity contribution in [1.29, 1.82) is 0 Å². The predicted octanol–water partition coefficient (Wildman–Crippen LogP) is 4.13. The van der Waals surface area contributed by atoms with Crippen LogP contribution in [0.4, 0.5) is 5.69 Å². The highest BCUT2D eigenvalue weighted by Crippen LogP contribution is 2.15. The average molecular weight is 376 g/mol. The minimum Gasteiger partial charge on any atom is -0.377 e. The second kappa shape index (κ2) is 9.67. The van der Waals surface area contributed by atoms with Crippen molar-refractivity contribution in [2.45, 2.75) is 20.0 Å². The fraction of sp³-hybridized carbons (Fsp3) is 0.217. The number of carbonyl (C=O) groups is 2. The predicted molar refractivity (Wildman–Crippen MR) is 111 cm³/mol. The Morgan fingerprint density at radius 2 is 1.75 bits per heavy atom. The van der Waals surface area contributed by atoms with Crippen LogP contribution in [0.15, 0.2) is 66.7 Å². The van der Waals surface area contributed by atoms with Crippen LogP contribution in [-0.2, 0) is 16.1 Å².